The van der Waals surface area contributed by atoms with E-state index in [1.807, 2.05) is 30.3 Å². The molecule has 6 nitrogen and oxygen atoms in total. The fourth-order valence-electron chi connectivity index (χ4n) is 8.83. The summed E-state index contributed by atoms with van der Waals surface area (Å²) in [6.07, 6.45) is 13.1. The largest absolute Gasteiger partial charge is 0.393 e. The molecular formula is C36H49N3O3. The first-order valence-electron chi connectivity index (χ1n) is 16.3. The minimum absolute atomic E-state index is 0.107. The molecule has 0 spiro atoms. The van der Waals surface area contributed by atoms with Gasteiger partial charge in [0.25, 0.3) is 0 Å². The number of rotatable bonds is 6. The van der Waals surface area contributed by atoms with Gasteiger partial charge in [-0.2, -0.15) is 0 Å². The molecule has 0 saturated heterocycles. The summed E-state index contributed by atoms with van der Waals surface area (Å²) in [5.41, 5.74) is 3.90. The lowest BCUT2D eigenvalue weighted by molar-refractivity contribution is 0.0840. The van der Waals surface area contributed by atoms with Gasteiger partial charge in [0.2, 0.25) is 0 Å². The van der Waals surface area contributed by atoms with E-state index in [1.165, 1.54) is 22.1 Å². The molecule has 0 amide bonds. The number of allylic oxidation sites excluding steroid dienone is 5. The minimum Gasteiger partial charge on any atom is -0.393 e. The molecule has 1 aromatic heterocycles. The molecule has 1 aliphatic heterocycles. The van der Waals surface area contributed by atoms with Crippen LogP contribution in [0.15, 0.2) is 74.9 Å². The quantitative estimate of drug-likeness (QED) is 0.380. The highest BCUT2D eigenvalue weighted by molar-refractivity contribution is 5.36. The summed E-state index contributed by atoms with van der Waals surface area (Å²) in [5, 5.41) is 10.7. The first kappa shape index (κ1) is 29.2. The summed E-state index contributed by atoms with van der Waals surface area (Å²) in [6.45, 7) is 13.9. The van der Waals surface area contributed by atoms with E-state index in [9.17, 15) is 14.7 Å². The second kappa shape index (κ2) is 11.0. The Morgan fingerprint density at radius 1 is 0.952 bits per heavy atom. The van der Waals surface area contributed by atoms with Crippen LogP contribution in [0.4, 0.5) is 0 Å². The molecule has 2 heterocycles. The van der Waals surface area contributed by atoms with Gasteiger partial charge < -0.3 is 5.11 Å². The lowest BCUT2D eigenvalue weighted by atomic mass is 9.59. The van der Waals surface area contributed by atoms with E-state index in [2.05, 4.69) is 59.8 Å². The summed E-state index contributed by atoms with van der Waals surface area (Å²) in [5.74, 6) is 2.67. The number of hydrogen-bond acceptors (Lipinski definition) is 3. The van der Waals surface area contributed by atoms with E-state index < -0.39 is 6.10 Å². The van der Waals surface area contributed by atoms with Crippen molar-refractivity contribution < 1.29 is 5.11 Å². The zero-order chi connectivity index (χ0) is 29.9. The Balaban J connectivity index is 1.45. The van der Waals surface area contributed by atoms with Crippen LogP contribution < -0.4 is 11.4 Å². The van der Waals surface area contributed by atoms with Crippen LogP contribution in [0.1, 0.15) is 98.6 Å². The van der Waals surface area contributed by atoms with Crippen molar-refractivity contribution in [3.63, 3.8) is 0 Å². The summed E-state index contributed by atoms with van der Waals surface area (Å²) < 4.78 is 4.89. The van der Waals surface area contributed by atoms with E-state index in [0.29, 0.717) is 41.7 Å². The van der Waals surface area contributed by atoms with Crippen molar-refractivity contribution in [2.45, 2.75) is 105 Å². The topological polar surface area (TPSA) is 69.2 Å². The zero-order valence-corrected chi connectivity index (χ0v) is 26.3. The Kier molecular flexibility index (Phi) is 7.66. The molecule has 6 unspecified atom stereocenters. The maximum absolute atomic E-state index is 14.2. The average molecular weight is 572 g/mol. The molecule has 1 aromatic carbocycles. The summed E-state index contributed by atoms with van der Waals surface area (Å²) in [4.78, 5) is 28.4. The number of aliphatic hydroxyl groups excluding tert-OH is 1. The van der Waals surface area contributed by atoms with Gasteiger partial charge in [0.1, 0.15) is 0 Å². The number of hydrogen-bond donors (Lipinski definition) is 1. The summed E-state index contributed by atoms with van der Waals surface area (Å²) >= 11 is 0. The second-order valence-electron chi connectivity index (χ2n) is 14.4. The van der Waals surface area contributed by atoms with Gasteiger partial charge in [-0.25, -0.2) is 23.5 Å². The molecule has 42 heavy (non-hydrogen) atoms. The normalized spacial score (nSPS) is 32.5. The number of fused-ring (bicyclic) bond motifs is 5. The zero-order valence-electron chi connectivity index (χ0n) is 26.3. The van der Waals surface area contributed by atoms with E-state index in [0.717, 1.165) is 37.7 Å². The van der Waals surface area contributed by atoms with Crippen LogP contribution in [0.2, 0.25) is 0 Å². The van der Waals surface area contributed by atoms with Gasteiger partial charge in [-0.3, -0.25) is 0 Å². The Morgan fingerprint density at radius 3 is 2.38 bits per heavy atom. The van der Waals surface area contributed by atoms with E-state index in [4.69, 9.17) is 0 Å². The number of aliphatic hydroxyl groups is 1. The van der Waals surface area contributed by atoms with Gasteiger partial charge >= 0.3 is 11.4 Å². The molecule has 1 N–H and O–H groups in total. The fraction of sp³-hybridized carbons (Fsp3) is 0.611. The van der Waals surface area contributed by atoms with Crippen LogP contribution >= 0.6 is 0 Å². The smallest absolute Gasteiger partial charge is 0.352 e. The first-order valence-corrected chi connectivity index (χ1v) is 16.3. The Labute approximate surface area is 250 Å². The highest BCUT2D eigenvalue weighted by Gasteiger charge is 2.55. The highest BCUT2D eigenvalue weighted by Crippen LogP contribution is 2.62. The van der Waals surface area contributed by atoms with E-state index in [1.54, 1.807) is 9.36 Å². The third-order valence-electron chi connectivity index (χ3n) is 11.7. The van der Waals surface area contributed by atoms with Gasteiger partial charge in [-0.05, 0) is 110 Å². The van der Waals surface area contributed by atoms with Crippen LogP contribution in [0, 0.1) is 35.0 Å². The van der Waals surface area contributed by atoms with E-state index in [-0.39, 0.29) is 28.9 Å². The van der Waals surface area contributed by atoms with Crippen LogP contribution in [0.3, 0.4) is 0 Å². The average Bonchev–Trinajstić information content (AvgIpc) is 3.46. The monoisotopic (exact) mass is 571 g/mol. The maximum Gasteiger partial charge on any atom is 0.352 e. The Morgan fingerprint density at radius 2 is 1.67 bits per heavy atom. The number of aromatic nitrogens is 3. The minimum atomic E-state index is -0.416. The van der Waals surface area contributed by atoms with Crippen molar-refractivity contribution in [1.29, 1.82) is 0 Å². The van der Waals surface area contributed by atoms with Crippen molar-refractivity contribution in [2.24, 2.45) is 35.0 Å². The molecule has 2 aromatic rings. The van der Waals surface area contributed by atoms with Crippen LogP contribution in [0.25, 0.3) is 5.69 Å². The van der Waals surface area contributed by atoms with Gasteiger partial charge in [0, 0.05) is 0 Å². The lowest BCUT2D eigenvalue weighted by Crippen LogP contribution is -2.46. The molecule has 8 atom stereocenters. The molecule has 226 valence electrons. The van der Waals surface area contributed by atoms with Gasteiger partial charge in [0.15, 0.2) is 0 Å². The predicted molar refractivity (Wildman–Crippen MR) is 169 cm³/mol. The number of para-hydroxylation sites is 1. The van der Waals surface area contributed by atoms with E-state index >= 15 is 0 Å². The van der Waals surface area contributed by atoms with Crippen LogP contribution in [-0.2, 0) is 0 Å². The lowest BCUT2D eigenvalue weighted by Gasteiger charge is -2.49. The highest BCUT2D eigenvalue weighted by atomic mass is 16.3. The fourth-order valence-corrected chi connectivity index (χ4v) is 8.83. The van der Waals surface area contributed by atoms with Crippen molar-refractivity contribution in [2.75, 3.05) is 0 Å². The molecular weight excluding hydrogens is 522 g/mol. The maximum atomic E-state index is 14.2. The molecule has 6 heteroatoms. The molecule has 4 aliphatic rings. The molecule has 6 rings (SSSR count). The van der Waals surface area contributed by atoms with Crippen molar-refractivity contribution >= 4 is 0 Å². The standard InChI is InChI=1S/C36H49N3O3/c1-22(2)23(3)12-13-25(5)30-16-17-31-29-21-33(28-20-27(40)15-14-24(28)4)39-35(42)37(26-10-8-7-9-11-26)34(41)38(39)32(29)18-19-36(30,31)6/h7-13,21-23,25,27,30-33,40H,14-20H2,1-6H3/t23?,25?,27?,30?,31?,32-,33?,36+/m1/s1. The SMILES string of the molecule is CC1=C(C2C=C3C4CCC(C(C)C=CC(C)C(C)C)[C@]4(C)CC[C@H]3n3c(=O)n(-c4ccccc4)c(=O)n32)CC(O)CC1. The summed E-state index contributed by atoms with van der Waals surface area (Å²) in [7, 11) is 0. The molecule has 0 radical (unpaired) electrons. The number of benzene rings is 1. The molecule has 0 bridgehead atoms. The summed E-state index contributed by atoms with van der Waals surface area (Å²) in [6, 6.07) is 8.86. The predicted octanol–water partition coefficient (Wildman–Crippen LogP) is 6.99. The van der Waals surface area contributed by atoms with Crippen molar-refractivity contribution in [1.82, 2.24) is 13.9 Å². The molecule has 3 aliphatic carbocycles. The second-order valence-corrected chi connectivity index (χ2v) is 14.4. The van der Waals surface area contributed by atoms with Gasteiger partial charge in [0.05, 0.1) is 23.9 Å². The number of nitrogens with zero attached hydrogens (tertiary/aromatic N) is 3. The van der Waals surface area contributed by atoms with Gasteiger partial charge in [-0.15, -0.1) is 0 Å². The van der Waals surface area contributed by atoms with Crippen molar-refractivity contribution in [3.8, 4) is 5.69 Å². The molecule has 2 fully saturated rings. The Hall–Kier alpha value is -2.86. The third-order valence-corrected chi connectivity index (χ3v) is 11.7. The first-order chi connectivity index (χ1) is 20.0. The molecule has 2 saturated carbocycles. The van der Waals surface area contributed by atoms with Crippen LogP contribution in [-0.4, -0.2) is 25.1 Å². The van der Waals surface area contributed by atoms with Crippen molar-refractivity contribution in [3.05, 3.63) is 86.2 Å². The van der Waals surface area contributed by atoms with Crippen LogP contribution in [0.5, 0.6) is 0 Å². The van der Waals surface area contributed by atoms with Gasteiger partial charge in [-0.1, -0.05) is 76.6 Å². The third kappa shape index (κ3) is 4.65. The Bertz CT molecular complexity index is 1540.